The molecule has 0 aliphatic heterocycles. The van der Waals surface area contributed by atoms with Gasteiger partial charge in [0.1, 0.15) is 0 Å². The minimum Gasteiger partial charge on any atom is -0.431 e. The maximum Gasteiger partial charge on any atom is 0.289 e. The van der Waals surface area contributed by atoms with Gasteiger partial charge in [-0.2, -0.15) is 5.10 Å². The lowest BCUT2D eigenvalue weighted by Crippen LogP contribution is -2.34. The predicted molar refractivity (Wildman–Crippen MR) is 66.4 cm³/mol. The number of aryl methyl sites for hydroxylation is 2. The Bertz CT molecular complexity index is 628. The van der Waals surface area contributed by atoms with E-state index in [1.165, 1.54) is 6.20 Å². The van der Waals surface area contributed by atoms with Crippen LogP contribution in [-0.2, 0) is 7.05 Å². The highest BCUT2D eigenvalue weighted by Gasteiger charge is 2.25. The molecule has 2 aromatic heterocycles. The van der Waals surface area contributed by atoms with Crippen molar-refractivity contribution in [3.8, 4) is 11.5 Å². The zero-order valence-corrected chi connectivity index (χ0v) is 11.3. The molecule has 2 heterocycles. The molecule has 0 saturated heterocycles. The van der Waals surface area contributed by atoms with Crippen LogP contribution in [0.1, 0.15) is 23.2 Å². The molecular weight excluding hydrogens is 270 g/mol. The molecule has 8 heteroatoms. The number of hydrogen-bond donors (Lipinski definition) is 1. The molecule has 0 radical (unpaired) electrons. The van der Waals surface area contributed by atoms with Gasteiger partial charge < -0.3 is 9.73 Å². The molecule has 0 aliphatic rings. The number of alkyl halides is 2. The summed E-state index contributed by atoms with van der Waals surface area (Å²) in [5.74, 6) is -3.54. The average Bonchev–Trinajstić information content (AvgIpc) is 2.91. The summed E-state index contributed by atoms with van der Waals surface area (Å²) < 4.78 is 32.3. The van der Waals surface area contributed by atoms with Crippen LogP contribution in [-0.4, -0.2) is 33.1 Å². The van der Waals surface area contributed by atoms with Crippen molar-refractivity contribution in [3.63, 3.8) is 0 Å². The smallest absolute Gasteiger partial charge is 0.289 e. The van der Waals surface area contributed by atoms with Gasteiger partial charge in [-0.1, -0.05) is 0 Å². The molecule has 0 fully saturated rings. The predicted octanol–water partition coefficient (Wildman–Crippen LogP) is 1.77. The number of aromatic nitrogens is 3. The maximum absolute atomic E-state index is 12.7. The number of halogens is 2. The van der Waals surface area contributed by atoms with Crippen molar-refractivity contribution in [1.82, 2.24) is 20.1 Å². The first-order valence-corrected chi connectivity index (χ1v) is 5.89. The first-order chi connectivity index (χ1) is 9.26. The van der Waals surface area contributed by atoms with Crippen LogP contribution in [0.25, 0.3) is 11.5 Å². The number of carbonyl (C=O) groups excluding carboxylic acids is 1. The maximum atomic E-state index is 12.7. The van der Waals surface area contributed by atoms with Gasteiger partial charge in [-0.3, -0.25) is 9.48 Å². The van der Waals surface area contributed by atoms with Crippen LogP contribution in [0.5, 0.6) is 0 Å². The van der Waals surface area contributed by atoms with E-state index in [4.69, 9.17) is 4.42 Å². The number of amides is 1. The molecule has 0 spiro atoms. The van der Waals surface area contributed by atoms with Gasteiger partial charge in [0, 0.05) is 20.2 Å². The quantitative estimate of drug-likeness (QED) is 0.928. The zero-order valence-electron chi connectivity index (χ0n) is 11.3. The lowest BCUT2D eigenvalue weighted by molar-refractivity contribution is 0.0217. The van der Waals surface area contributed by atoms with Crippen molar-refractivity contribution in [2.45, 2.75) is 19.8 Å². The van der Waals surface area contributed by atoms with E-state index >= 15 is 0 Å². The Hall–Kier alpha value is -2.25. The van der Waals surface area contributed by atoms with Crippen molar-refractivity contribution in [2.75, 3.05) is 6.54 Å². The molecule has 0 bridgehead atoms. The molecule has 0 saturated carbocycles. The minimum absolute atomic E-state index is 0.0758. The van der Waals surface area contributed by atoms with Crippen molar-refractivity contribution in [2.24, 2.45) is 7.05 Å². The summed E-state index contributed by atoms with van der Waals surface area (Å²) in [4.78, 5) is 15.9. The van der Waals surface area contributed by atoms with Crippen molar-refractivity contribution >= 4 is 5.91 Å². The highest BCUT2D eigenvalue weighted by Crippen LogP contribution is 2.21. The molecule has 0 atom stereocenters. The van der Waals surface area contributed by atoms with Gasteiger partial charge in [-0.05, 0) is 6.92 Å². The molecule has 6 nitrogen and oxygen atoms in total. The second-order valence-corrected chi connectivity index (χ2v) is 4.59. The van der Waals surface area contributed by atoms with Gasteiger partial charge in [0.15, 0.2) is 0 Å². The number of nitrogens with zero attached hydrogens (tertiary/aromatic N) is 3. The van der Waals surface area contributed by atoms with Crippen LogP contribution in [0.3, 0.4) is 0 Å². The Morgan fingerprint density at radius 3 is 2.80 bits per heavy atom. The van der Waals surface area contributed by atoms with E-state index in [0.29, 0.717) is 11.3 Å². The Morgan fingerprint density at radius 1 is 1.55 bits per heavy atom. The zero-order chi connectivity index (χ0) is 14.9. The second-order valence-electron chi connectivity index (χ2n) is 4.59. The summed E-state index contributed by atoms with van der Waals surface area (Å²) >= 11 is 0. The molecule has 108 valence electrons. The number of oxazole rings is 1. The minimum atomic E-state index is -2.98. The number of rotatable bonds is 4. The fourth-order valence-corrected chi connectivity index (χ4v) is 1.58. The van der Waals surface area contributed by atoms with Crippen LogP contribution in [0, 0.1) is 6.92 Å². The van der Waals surface area contributed by atoms with Crippen molar-refractivity contribution in [3.05, 3.63) is 23.8 Å². The normalized spacial score (nSPS) is 11.7. The summed E-state index contributed by atoms with van der Waals surface area (Å²) in [5, 5.41) is 6.07. The molecule has 2 rings (SSSR count). The van der Waals surface area contributed by atoms with E-state index in [2.05, 4.69) is 15.4 Å². The van der Waals surface area contributed by atoms with Gasteiger partial charge in [0.2, 0.25) is 11.7 Å². The molecule has 1 N–H and O–H groups in total. The Kier molecular flexibility index (Phi) is 3.56. The standard InChI is InChI=1S/C12H14F2N4O2/c1-7-9(10(19)15-6-12(2,13)14)20-11(17-7)8-4-16-18(3)5-8/h4-5H,6H2,1-3H3,(H,15,19). The van der Waals surface area contributed by atoms with Gasteiger partial charge in [0.05, 0.1) is 24.0 Å². The number of nitrogens with one attached hydrogen (secondary N) is 1. The largest absolute Gasteiger partial charge is 0.431 e. The van der Waals surface area contributed by atoms with E-state index in [-0.39, 0.29) is 11.7 Å². The molecule has 0 aliphatic carbocycles. The molecule has 1 amide bonds. The monoisotopic (exact) mass is 284 g/mol. The summed E-state index contributed by atoms with van der Waals surface area (Å²) in [6, 6.07) is 0. The summed E-state index contributed by atoms with van der Waals surface area (Å²) in [5.41, 5.74) is 0.941. The molecular formula is C12H14F2N4O2. The van der Waals surface area contributed by atoms with Crippen molar-refractivity contribution < 1.29 is 18.0 Å². The Morgan fingerprint density at radius 2 is 2.25 bits per heavy atom. The Labute approximate surface area is 113 Å². The number of hydrogen-bond acceptors (Lipinski definition) is 4. The van der Waals surface area contributed by atoms with Crippen LogP contribution in [0.15, 0.2) is 16.8 Å². The lowest BCUT2D eigenvalue weighted by Gasteiger charge is -2.10. The van der Waals surface area contributed by atoms with E-state index in [0.717, 1.165) is 6.92 Å². The first kappa shape index (κ1) is 14.2. The topological polar surface area (TPSA) is 73.0 Å². The fourth-order valence-electron chi connectivity index (χ4n) is 1.58. The Balaban J connectivity index is 2.17. The van der Waals surface area contributed by atoms with Crippen molar-refractivity contribution in [1.29, 1.82) is 0 Å². The van der Waals surface area contributed by atoms with E-state index in [1.807, 2.05) is 0 Å². The van der Waals surface area contributed by atoms with Crippen LogP contribution in [0.4, 0.5) is 8.78 Å². The van der Waals surface area contributed by atoms with E-state index in [9.17, 15) is 13.6 Å². The molecule has 2 aromatic rings. The van der Waals surface area contributed by atoms with Crippen LogP contribution in [0.2, 0.25) is 0 Å². The van der Waals surface area contributed by atoms with E-state index in [1.54, 1.807) is 24.9 Å². The lowest BCUT2D eigenvalue weighted by atomic mass is 10.3. The third-order valence-corrected chi connectivity index (χ3v) is 2.51. The average molecular weight is 284 g/mol. The SMILES string of the molecule is Cc1nc(-c2cnn(C)c2)oc1C(=O)NCC(C)(F)F. The third-order valence-electron chi connectivity index (χ3n) is 2.51. The summed E-state index contributed by atoms with van der Waals surface area (Å²) in [6.45, 7) is 1.54. The molecule has 20 heavy (non-hydrogen) atoms. The third kappa shape index (κ3) is 3.19. The van der Waals surface area contributed by atoms with Gasteiger partial charge in [-0.25, -0.2) is 13.8 Å². The van der Waals surface area contributed by atoms with Gasteiger partial charge in [0.25, 0.3) is 11.8 Å². The molecule has 0 unspecified atom stereocenters. The highest BCUT2D eigenvalue weighted by molar-refractivity contribution is 5.92. The van der Waals surface area contributed by atoms with Gasteiger partial charge >= 0.3 is 0 Å². The highest BCUT2D eigenvalue weighted by atomic mass is 19.3. The van der Waals surface area contributed by atoms with E-state index < -0.39 is 18.4 Å². The second kappa shape index (κ2) is 5.03. The molecule has 0 aromatic carbocycles. The first-order valence-electron chi connectivity index (χ1n) is 5.89. The summed E-state index contributed by atoms with van der Waals surface area (Å²) in [7, 11) is 1.73. The summed E-state index contributed by atoms with van der Waals surface area (Å²) in [6.07, 6.45) is 3.21. The van der Waals surface area contributed by atoms with Crippen LogP contribution >= 0.6 is 0 Å². The van der Waals surface area contributed by atoms with Crippen LogP contribution < -0.4 is 5.32 Å². The van der Waals surface area contributed by atoms with Gasteiger partial charge in [-0.15, -0.1) is 0 Å². The fraction of sp³-hybridized carbons (Fsp3) is 0.417. The number of carbonyl (C=O) groups is 1.